The normalized spacial score (nSPS) is 19.1. The molecular weight excluding hydrogens is 418 g/mol. The Hall–Kier alpha value is -2.45. The Morgan fingerprint density at radius 3 is 2.77 bits per heavy atom. The van der Waals surface area contributed by atoms with Gasteiger partial charge < -0.3 is 15.7 Å². The number of anilines is 1. The fraction of sp³-hybridized carbons (Fsp3) is 0.545. The highest BCUT2D eigenvalue weighted by Crippen LogP contribution is 2.34. The molecule has 2 heterocycles. The predicted molar refractivity (Wildman–Crippen MR) is 120 cm³/mol. The zero-order valence-electron chi connectivity index (χ0n) is 18.2. The minimum atomic E-state index is -0.316. The largest absolute Gasteiger partial charge is 0.396 e. The Morgan fingerprint density at radius 1 is 1.29 bits per heavy atom. The van der Waals surface area contributed by atoms with Crippen LogP contribution >= 0.6 is 11.6 Å². The van der Waals surface area contributed by atoms with Gasteiger partial charge in [0.05, 0.1) is 11.2 Å². The molecule has 0 aromatic carbocycles. The molecule has 1 fully saturated rings. The number of carbonyl (C=O) groups excluding carboxylic acids is 2. The van der Waals surface area contributed by atoms with Crippen LogP contribution in [0, 0.1) is 11.3 Å². The molecule has 1 aliphatic carbocycles. The lowest BCUT2D eigenvalue weighted by Crippen LogP contribution is -2.40. The zero-order valence-corrected chi connectivity index (χ0v) is 18.9. The van der Waals surface area contributed by atoms with Gasteiger partial charge in [-0.3, -0.25) is 14.7 Å². The maximum atomic E-state index is 12.8. The van der Waals surface area contributed by atoms with Crippen molar-refractivity contribution in [3.8, 4) is 11.1 Å². The van der Waals surface area contributed by atoms with E-state index in [4.69, 9.17) is 11.6 Å². The maximum Gasteiger partial charge on any atom is 0.228 e. The molecule has 0 bridgehead atoms. The molecule has 0 spiro atoms. The molecular formula is C22H30ClN5O3. The van der Waals surface area contributed by atoms with Gasteiger partial charge in [0.2, 0.25) is 11.8 Å². The van der Waals surface area contributed by atoms with Gasteiger partial charge in [0, 0.05) is 48.5 Å². The van der Waals surface area contributed by atoms with Gasteiger partial charge in [-0.15, -0.1) is 0 Å². The first-order valence-electron chi connectivity index (χ1n) is 10.6. The van der Waals surface area contributed by atoms with Crippen molar-refractivity contribution in [2.45, 2.75) is 58.9 Å². The molecule has 3 rings (SSSR count). The molecule has 1 aliphatic rings. The van der Waals surface area contributed by atoms with Crippen molar-refractivity contribution in [1.29, 1.82) is 0 Å². The van der Waals surface area contributed by atoms with E-state index in [1.165, 1.54) is 13.1 Å². The summed E-state index contributed by atoms with van der Waals surface area (Å²) in [5.74, 6) is 0.0565. The predicted octanol–water partition coefficient (Wildman–Crippen LogP) is 3.32. The second-order valence-corrected chi connectivity index (χ2v) is 9.47. The topological polar surface area (TPSA) is 120 Å². The third-order valence-electron chi connectivity index (χ3n) is 5.65. The average molecular weight is 448 g/mol. The minimum Gasteiger partial charge on any atom is -0.396 e. The molecule has 9 heteroatoms. The van der Waals surface area contributed by atoms with Crippen molar-refractivity contribution in [2.75, 3.05) is 11.9 Å². The number of hydrogen-bond donors (Lipinski definition) is 4. The van der Waals surface area contributed by atoms with Crippen molar-refractivity contribution < 1.29 is 14.7 Å². The van der Waals surface area contributed by atoms with Crippen LogP contribution in [0.5, 0.6) is 0 Å². The van der Waals surface area contributed by atoms with Crippen LogP contribution in [0.3, 0.4) is 0 Å². The summed E-state index contributed by atoms with van der Waals surface area (Å²) < 4.78 is 0. The van der Waals surface area contributed by atoms with Crippen LogP contribution in [-0.2, 0) is 16.0 Å². The highest BCUT2D eigenvalue weighted by molar-refractivity contribution is 6.33. The summed E-state index contributed by atoms with van der Waals surface area (Å²) in [6.07, 6.45) is 6.97. The molecule has 1 saturated carbocycles. The number of hydrogen-bond acceptors (Lipinski definition) is 5. The van der Waals surface area contributed by atoms with Gasteiger partial charge in [-0.25, -0.2) is 4.98 Å². The number of amides is 2. The Bertz CT molecular complexity index is 943. The number of pyridine rings is 1. The summed E-state index contributed by atoms with van der Waals surface area (Å²) in [6, 6.07) is 1.77. The molecule has 168 valence electrons. The van der Waals surface area contributed by atoms with Crippen molar-refractivity contribution in [3.63, 3.8) is 0 Å². The van der Waals surface area contributed by atoms with Crippen molar-refractivity contribution in [3.05, 3.63) is 29.2 Å². The smallest absolute Gasteiger partial charge is 0.228 e. The SMILES string of the molecule is CC(=O)N[C@@H]1CCC[C@H](C(=O)Nc2cc(-c3cn[nH]c3CC(C)(C)CO)c(Cl)cn2)C1. The van der Waals surface area contributed by atoms with Gasteiger partial charge >= 0.3 is 0 Å². The van der Waals surface area contributed by atoms with Crippen LogP contribution in [0.4, 0.5) is 5.82 Å². The molecule has 8 nitrogen and oxygen atoms in total. The lowest BCUT2D eigenvalue weighted by molar-refractivity contribution is -0.123. The summed E-state index contributed by atoms with van der Waals surface area (Å²) >= 11 is 6.41. The summed E-state index contributed by atoms with van der Waals surface area (Å²) in [5, 5.41) is 23.0. The van der Waals surface area contributed by atoms with Gasteiger partial charge in [0.15, 0.2) is 0 Å². The molecule has 31 heavy (non-hydrogen) atoms. The van der Waals surface area contributed by atoms with Crippen LogP contribution in [0.1, 0.15) is 52.1 Å². The van der Waals surface area contributed by atoms with Crippen LogP contribution in [0.2, 0.25) is 5.02 Å². The van der Waals surface area contributed by atoms with Gasteiger partial charge in [-0.1, -0.05) is 31.9 Å². The number of H-pyrrole nitrogens is 1. The Labute approximate surface area is 187 Å². The number of aromatic nitrogens is 3. The fourth-order valence-corrected chi connectivity index (χ4v) is 4.21. The van der Waals surface area contributed by atoms with Gasteiger partial charge in [-0.2, -0.15) is 5.10 Å². The Morgan fingerprint density at radius 2 is 2.06 bits per heavy atom. The summed E-state index contributed by atoms with van der Waals surface area (Å²) in [7, 11) is 0. The quantitative estimate of drug-likeness (QED) is 0.519. The monoisotopic (exact) mass is 447 g/mol. The highest BCUT2D eigenvalue weighted by Gasteiger charge is 2.28. The van der Waals surface area contributed by atoms with E-state index in [0.29, 0.717) is 29.2 Å². The van der Waals surface area contributed by atoms with Crippen LogP contribution in [-0.4, -0.2) is 44.8 Å². The second kappa shape index (κ2) is 9.78. The van der Waals surface area contributed by atoms with Gasteiger partial charge in [0.25, 0.3) is 0 Å². The van der Waals surface area contributed by atoms with E-state index in [9.17, 15) is 14.7 Å². The maximum absolute atomic E-state index is 12.8. The number of aromatic amines is 1. The van der Waals surface area contributed by atoms with Crippen LogP contribution < -0.4 is 10.6 Å². The summed E-state index contributed by atoms with van der Waals surface area (Å²) in [6.45, 7) is 5.47. The number of aliphatic hydroxyl groups is 1. The number of carbonyl (C=O) groups is 2. The minimum absolute atomic E-state index is 0.0269. The van der Waals surface area contributed by atoms with E-state index in [-0.39, 0.29) is 35.8 Å². The highest BCUT2D eigenvalue weighted by atomic mass is 35.5. The van der Waals surface area contributed by atoms with Crippen molar-refractivity contribution >= 4 is 29.2 Å². The fourth-order valence-electron chi connectivity index (χ4n) is 4.00. The van der Waals surface area contributed by atoms with E-state index in [2.05, 4.69) is 25.8 Å². The molecule has 2 atom stereocenters. The van der Waals surface area contributed by atoms with E-state index in [0.717, 1.165) is 30.5 Å². The van der Waals surface area contributed by atoms with E-state index >= 15 is 0 Å². The van der Waals surface area contributed by atoms with Crippen molar-refractivity contribution in [2.24, 2.45) is 11.3 Å². The number of rotatable bonds is 7. The number of aliphatic hydroxyl groups excluding tert-OH is 1. The van der Waals surface area contributed by atoms with E-state index < -0.39 is 0 Å². The lowest BCUT2D eigenvalue weighted by Gasteiger charge is -2.28. The van der Waals surface area contributed by atoms with Gasteiger partial charge in [0.1, 0.15) is 5.82 Å². The molecule has 2 aromatic heterocycles. The van der Waals surface area contributed by atoms with Crippen LogP contribution in [0.15, 0.2) is 18.5 Å². The number of nitrogens with one attached hydrogen (secondary N) is 3. The molecule has 0 unspecified atom stereocenters. The second-order valence-electron chi connectivity index (χ2n) is 9.06. The van der Waals surface area contributed by atoms with Gasteiger partial charge in [-0.05, 0) is 37.2 Å². The zero-order chi connectivity index (χ0) is 22.6. The molecule has 4 N–H and O–H groups in total. The van der Waals surface area contributed by atoms with E-state index in [1.54, 1.807) is 12.3 Å². The first-order valence-corrected chi connectivity index (χ1v) is 10.9. The lowest BCUT2D eigenvalue weighted by atomic mass is 9.85. The number of nitrogens with zero attached hydrogens (tertiary/aromatic N) is 2. The molecule has 2 aromatic rings. The van der Waals surface area contributed by atoms with Crippen molar-refractivity contribution in [1.82, 2.24) is 20.5 Å². The summed E-state index contributed by atoms with van der Waals surface area (Å²) in [5.41, 5.74) is 2.07. The summed E-state index contributed by atoms with van der Waals surface area (Å²) in [4.78, 5) is 28.4. The van der Waals surface area contributed by atoms with E-state index in [1.807, 2.05) is 13.8 Å². The average Bonchev–Trinajstić information content (AvgIpc) is 3.16. The Balaban J connectivity index is 1.76. The first kappa shape index (κ1) is 23.2. The molecule has 0 radical (unpaired) electrons. The number of halogens is 1. The first-order chi connectivity index (χ1) is 14.7. The molecule has 2 amide bonds. The third kappa shape index (κ3) is 6.04. The Kier molecular flexibility index (Phi) is 7.33. The standard InChI is InChI=1S/C22H30ClN5O3/c1-13(30)26-15-6-4-5-14(7-15)21(31)27-20-8-16(18(23)11-24-20)17-10-25-28-19(17)9-22(2,3)12-29/h8,10-11,14-15,29H,4-7,9,12H2,1-3H3,(H,25,28)(H,26,30)(H,24,27,31)/t14-,15+/m0/s1. The third-order valence-corrected chi connectivity index (χ3v) is 5.95. The molecule has 0 saturated heterocycles. The van der Waals surface area contributed by atoms with Crippen LogP contribution in [0.25, 0.3) is 11.1 Å². The molecule has 0 aliphatic heterocycles.